The van der Waals surface area contributed by atoms with Gasteiger partial charge in [0.25, 0.3) is 5.91 Å². The summed E-state index contributed by atoms with van der Waals surface area (Å²) in [6.07, 6.45) is 3.52. The summed E-state index contributed by atoms with van der Waals surface area (Å²) in [7, 11) is 0. The summed E-state index contributed by atoms with van der Waals surface area (Å²) in [5.41, 5.74) is 1.15. The van der Waals surface area contributed by atoms with Crippen molar-refractivity contribution in [1.82, 2.24) is 15.1 Å². The third-order valence-corrected chi connectivity index (χ3v) is 6.58. The molecule has 1 spiro atoms. The molecule has 162 valence electrons. The van der Waals surface area contributed by atoms with Crippen molar-refractivity contribution in [1.29, 1.82) is 0 Å². The number of amides is 4. The molecule has 2 aliphatic rings. The maximum Gasteiger partial charge on any atom is 0.325 e. The Balaban J connectivity index is 1.52. The smallest absolute Gasteiger partial charge is 0.325 e. The molecule has 1 saturated carbocycles. The molecule has 4 rings (SSSR count). The van der Waals surface area contributed by atoms with E-state index in [2.05, 4.69) is 5.32 Å². The summed E-state index contributed by atoms with van der Waals surface area (Å²) in [4.78, 5) is 42.1. The second-order valence-electron chi connectivity index (χ2n) is 8.66. The van der Waals surface area contributed by atoms with Crippen molar-refractivity contribution in [2.24, 2.45) is 5.92 Å². The number of imide groups is 1. The summed E-state index contributed by atoms with van der Waals surface area (Å²) in [6, 6.07) is 19.0. The number of hydrogen-bond donors (Lipinski definition) is 1. The molecule has 31 heavy (non-hydrogen) atoms. The second kappa shape index (κ2) is 8.92. The van der Waals surface area contributed by atoms with Gasteiger partial charge in [0.05, 0.1) is 0 Å². The van der Waals surface area contributed by atoms with Crippen LogP contribution in [-0.4, -0.2) is 39.7 Å². The van der Waals surface area contributed by atoms with Crippen LogP contribution in [0, 0.1) is 5.92 Å². The average molecular weight is 420 g/mol. The predicted octanol–water partition coefficient (Wildman–Crippen LogP) is 3.72. The van der Waals surface area contributed by atoms with Crippen LogP contribution in [0.5, 0.6) is 0 Å². The van der Waals surface area contributed by atoms with E-state index in [0.717, 1.165) is 35.3 Å². The van der Waals surface area contributed by atoms with E-state index in [1.165, 1.54) is 0 Å². The van der Waals surface area contributed by atoms with E-state index < -0.39 is 11.6 Å². The monoisotopic (exact) mass is 419 g/mol. The van der Waals surface area contributed by atoms with E-state index >= 15 is 0 Å². The van der Waals surface area contributed by atoms with Gasteiger partial charge >= 0.3 is 6.03 Å². The maximum absolute atomic E-state index is 13.3. The van der Waals surface area contributed by atoms with E-state index in [1.54, 1.807) is 4.90 Å². The Hall–Kier alpha value is -3.15. The molecule has 6 nitrogen and oxygen atoms in total. The Morgan fingerprint density at radius 1 is 1.00 bits per heavy atom. The van der Waals surface area contributed by atoms with Gasteiger partial charge in [-0.2, -0.15) is 0 Å². The third kappa shape index (κ3) is 4.33. The van der Waals surface area contributed by atoms with Crippen LogP contribution in [0.3, 0.4) is 0 Å². The molecule has 1 aliphatic carbocycles. The zero-order chi connectivity index (χ0) is 21.8. The summed E-state index contributed by atoms with van der Waals surface area (Å²) in [5, 5.41) is 2.93. The molecule has 6 heteroatoms. The predicted molar refractivity (Wildman–Crippen MR) is 118 cm³/mol. The van der Waals surface area contributed by atoms with Gasteiger partial charge in [0, 0.05) is 13.1 Å². The maximum atomic E-state index is 13.3. The van der Waals surface area contributed by atoms with E-state index in [9.17, 15) is 14.4 Å². The fourth-order valence-corrected chi connectivity index (χ4v) is 4.71. The minimum atomic E-state index is -0.848. The highest BCUT2D eigenvalue weighted by atomic mass is 16.2. The van der Waals surface area contributed by atoms with Crippen molar-refractivity contribution in [3.05, 3.63) is 71.8 Å². The van der Waals surface area contributed by atoms with Crippen molar-refractivity contribution in [3.8, 4) is 0 Å². The lowest BCUT2D eigenvalue weighted by molar-refractivity contribution is -0.141. The molecule has 2 aromatic rings. The summed E-state index contributed by atoms with van der Waals surface area (Å²) in [5.74, 6) is -0.420. The largest absolute Gasteiger partial charge is 0.332 e. The van der Waals surface area contributed by atoms with Crippen LogP contribution in [-0.2, 0) is 22.7 Å². The molecule has 1 saturated heterocycles. The number of rotatable bonds is 6. The van der Waals surface area contributed by atoms with Crippen molar-refractivity contribution in [2.75, 3.05) is 6.54 Å². The highest BCUT2D eigenvalue weighted by Crippen LogP contribution is 2.38. The van der Waals surface area contributed by atoms with Gasteiger partial charge in [0.15, 0.2) is 0 Å². The SMILES string of the molecule is C[C@H]1CCCC[C@]12NC(=O)N(CC(=O)N(Cc1ccccc1)Cc1ccccc1)C2=O. The van der Waals surface area contributed by atoms with Gasteiger partial charge in [0.2, 0.25) is 5.91 Å². The van der Waals surface area contributed by atoms with Crippen LogP contribution < -0.4 is 5.32 Å². The number of hydrogen-bond acceptors (Lipinski definition) is 3. The minimum Gasteiger partial charge on any atom is -0.332 e. The molecule has 4 amide bonds. The Bertz CT molecular complexity index is 905. The van der Waals surface area contributed by atoms with Gasteiger partial charge in [-0.1, -0.05) is 80.4 Å². The Kier molecular flexibility index (Phi) is 6.07. The first-order chi connectivity index (χ1) is 15.0. The molecule has 0 bridgehead atoms. The van der Waals surface area contributed by atoms with E-state index in [1.807, 2.05) is 67.6 Å². The van der Waals surface area contributed by atoms with Crippen LogP contribution in [0.4, 0.5) is 4.79 Å². The van der Waals surface area contributed by atoms with Gasteiger partial charge in [0.1, 0.15) is 12.1 Å². The Labute approximate surface area is 183 Å². The summed E-state index contributed by atoms with van der Waals surface area (Å²) < 4.78 is 0. The molecule has 2 fully saturated rings. The lowest BCUT2D eigenvalue weighted by Crippen LogP contribution is -2.54. The van der Waals surface area contributed by atoms with Gasteiger partial charge in [-0.15, -0.1) is 0 Å². The quantitative estimate of drug-likeness (QED) is 0.726. The number of nitrogens with one attached hydrogen (secondary N) is 1. The van der Waals surface area contributed by atoms with Gasteiger partial charge in [-0.25, -0.2) is 4.79 Å². The molecular weight excluding hydrogens is 390 g/mol. The number of carbonyl (C=O) groups is 3. The lowest BCUT2D eigenvalue weighted by atomic mass is 9.73. The molecule has 0 radical (unpaired) electrons. The first-order valence-corrected chi connectivity index (χ1v) is 11.0. The van der Waals surface area contributed by atoms with Crippen molar-refractivity contribution in [2.45, 2.75) is 51.2 Å². The van der Waals surface area contributed by atoms with Crippen LogP contribution in [0.25, 0.3) is 0 Å². The van der Waals surface area contributed by atoms with Gasteiger partial charge in [-0.05, 0) is 29.9 Å². The summed E-state index contributed by atoms with van der Waals surface area (Å²) in [6.45, 7) is 2.61. The van der Waals surface area contributed by atoms with Gasteiger partial charge in [-0.3, -0.25) is 14.5 Å². The lowest BCUT2D eigenvalue weighted by Gasteiger charge is -2.36. The average Bonchev–Trinajstić information content (AvgIpc) is 3.01. The van der Waals surface area contributed by atoms with Crippen LogP contribution in [0.15, 0.2) is 60.7 Å². The van der Waals surface area contributed by atoms with E-state index in [0.29, 0.717) is 19.5 Å². The van der Waals surface area contributed by atoms with Crippen molar-refractivity contribution >= 4 is 17.8 Å². The van der Waals surface area contributed by atoms with Crippen LogP contribution in [0.2, 0.25) is 0 Å². The standard InChI is InChI=1S/C25H29N3O3/c1-19-10-8-9-15-25(19)23(30)28(24(31)26-25)18-22(29)27(16-20-11-4-2-5-12-20)17-21-13-6-3-7-14-21/h2-7,11-14,19H,8-10,15-18H2,1H3,(H,26,31)/t19-,25-/m0/s1. The topological polar surface area (TPSA) is 69.7 Å². The van der Waals surface area contributed by atoms with Crippen LogP contribution in [0.1, 0.15) is 43.7 Å². The minimum absolute atomic E-state index is 0.0718. The fraction of sp³-hybridized carbons (Fsp3) is 0.400. The zero-order valence-corrected chi connectivity index (χ0v) is 17.9. The first-order valence-electron chi connectivity index (χ1n) is 11.0. The fourth-order valence-electron chi connectivity index (χ4n) is 4.71. The normalized spacial score (nSPS) is 23.1. The third-order valence-electron chi connectivity index (χ3n) is 6.58. The Morgan fingerprint density at radius 3 is 2.13 bits per heavy atom. The van der Waals surface area contributed by atoms with E-state index in [4.69, 9.17) is 0 Å². The molecule has 1 aliphatic heterocycles. The molecule has 0 aromatic heterocycles. The molecule has 1 N–H and O–H groups in total. The van der Waals surface area contributed by atoms with E-state index in [-0.39, 0.29) is 24.3 Å². The number of carbonyl (C=O) groups excluding carboxylic acids is 3. The van der Waals surface area contributed by atoms with Crippen molar-refractivity contribution in [3.63, 3.8) is 0 Å². The second-order valence-corrected chi connectivity index (χ2v) is 8.66. The zero-order valence-electron chi connectivity index (χ0n) is 17.9. The number of urea groups is 1. The molecule has 2 atom stereocenters. The van der Waals surface area contributed by atoms with Crippen LogP contribution >= 0.6 is 0 Å². The number of benzene rings is 2. The van der Waals surface area contributed by atoms with Crippen molar-refractivity contribution < 1.29 is 14.4 Å². The highest BCUT2D eigenvalue weighted by molar-refractivity contribution is 6.09. The van der Waals surface area contributed by atoms with Gasteiger partial charge < -0.3 is 10.2 Å². The molecule has 1 heterocycles. The highest BCUT2D eigenvalue weighted by Gasteiger charge is 2.55. The molecule has 0 unspecified atom stereocenters. The molecular formula is C25H29N3O3. The first kappa shape index (κ1) is 21.1. The summed E-state index contributed by atoms with van der Waals surface area (Å²) >= 11 is 0. The Morgan fingerprint density at radius 2 is 1.58 bits per heavy atom. The number of nitrogens with zero attached hydrogens (tertiary/aromatic N) is 2. The molecule has 2 aromatic carbocycles.